The van der Waals surface area contributed by atoms with E-state index in [1.165, 1.54) is 0 Å². The van der Waals surface area contributed by atoms with Crippen LogP contribution >= 0.6 is 0 Å². The van der Waals surface area contributed by atoms with Crippen molar-refractivity contribution in [3.8, 4) is 0 Å². The Morgan fingerprint density at radius 2 is 1.83 bits per heavy atom. The second-order valence-electron chi connectivity index (χ2n) is 5.94. The first kappa shape index (κ1) is 13.4. The summed E-state index contributed by atoms with van der Waals surface area (Å²) in [6, 6.07) is 0. The molecule has 0 saturated heterocycles. The van der Waals surface area contributed by atoms with Gasteiger partial charge in [-0.2, -0.15) is 0 Å². The van der Waals surface area contributed by atoms with Crippen molar-refractivity contribution >= 4 is 11.9 Å². The van der Waals surface area contributed by atoms with Gasteiger partial charge in [-0.05, 0) is 38.0 Å². The Morgan fingerprint density at radius 3 is 2.39 bits per heavy atom. The van der Waals surface area contributed by atoms with E-state index in [0.29, 0.717) is 5.92 Å². The van der Waals surface area contributed by atoms with Crippen molar-refractivity contribution in [3.63, 3.8) is 0 Å². The van der Waals surface area contributed by atoms with Crippen molar-refractivity contribution in [2.45, 2.75) is 63.8 Å². The van der Waals surface area contributed by atoms with Crippen molar-refractivity contribution in [2.24, 2.45) is 11.8 Å². The Hall–Kier alpha value is -1.06. The van der Waals surface area contributed by atoms with Crippen molar-refractivity contribution in [3.05, 3.63) is 0 Å². The maximum Gasteiger partial charge on any atom is 0.306 e. The number of aliphatic carboxylic acids is 1. The summed E-state index contributed by atoms with van der Waals surface area (Å²) in [7, 11) is 0. The standard InChI is InChI=1S/C14H23NO3/c1-10(16)15-14(7-2-3-8-14)12-6-4-5-11(9-12)13(17)18/h11-12H,2-9H2,1H3,(H,15,16)(H,17,18)/t11-,12+/m1/s1. The van der Waals surface area contributed by atoms with E-state index in [9.17, 15) is 14.7 Å². The van der Waals surface area contributed by atoms with E-state index < -0.39 is 5.97 Å². The topological polar surface area (TPSA) is 66.4 Å². The minimum atomic E-state index is -0.671. The lowest BCUT2D eigenvalue weighted by atomic mass is 9.70. The van der Waals surface area contributed by atoms with Gasteiger partial charge >= 0.3 is 5.97 Å². The average molecular weight is 253 g/mol. The summed E-state index contributed by atoms with van der Waals surface area (Å²) in [4.78, 5) is 22.6. The summed E-state index contributed by atoms with van der Waals surface area (Å²) in [5.41, 5.74) is -0.111. The number of carboxylic acid groups (broad SMARTS) is 1. The number of carbonyl (C=O) groups is 2. The number of amides is 1. The number of rotatable bonds is 3. The minimum Gasteiger partial charge on any atom is -0.481 e. The SMILES string of the molecule is CC(=O)NC1([C@H]2CCC[C@@H](C(=O)O)C2)CCCC1. The quantitative estimate of drug-likeness (QED) is 0.811. The van der Waals surface area contributed by atoms with Gasteiger partial charge in [-0.25, -0.2) is 0 Å². The van der Waals surface area contributed by atoms with E-state index in [1.807, 2.05) is 0 Å². The lowest BCUT2D eigenvalue weighted by molar-refractivity contribution is -0.143. The molecule has 2 aliphatic rings. The van der Waals surface area contributed by atoms with Crippen LogP contribution in [0.1, 0.15) is 58.3 Å². The van der Waals surface area contributed by atoms with Gasteiger partial charge < -0.3 is 10.4 Å². The number of nitrogens with one attached hydrogen (secondary N) is 1. The van der Waals surface area contributed by atoms with E-state index in [2.05, 4.69) is 5.32 Å². The third-order valence-corrected chi connectivity index (χ3v) is 4.73. The molecule has 0 heterocycles. The molecular formula is C14H23NO3. The van der Waals surface area contributed by atoms with Crippen molar-refractivity contribution in [2.75, 3.05) is 0 Å². The molecule has 18 heavy (non-hydrogen) atoms. The number of hydrogen-bond donors (Lipinski definition) is 2. The van der Waals surface area contributed by atoms with Crippen LogP contribution in [0.2, 0.25) is 0 Å². The number of hydrogen-bond acceptors (Lipinski definition) is 2. The molecule has 0 aromatic carbocycles. The summed E-state index contributed by atoms with van der Waals surface area (Å²) < 4.78 is 0. The smallest absolute Gasteiger partial charge is 0.306 e. The van der Waals surface area contributed by atoms with Gasteiger partial charge in [-0.3, -0.25) is 9.59 Å². The first-order chi connectivity index (χ1) is 8.53. The Morgan fingerprint density at radius 1 is 1.17 bits per heavy atom. The van der Waals surface area contributed by atoms with Gasteiger partial charge in [0.1, 0.15) is 0 Å². The molecule has 4 nitrogen and oxygen atoms in total. The van der Waals surface area contributed by atoms with Crippen LogP contribution in [-0.2, 0) is 9.59 Å². The fraction of sp³-hybridized carbons (Fsp3) is 0.857. The van der Waals surface area contributed by atoms with Crippen LogP contribution in [0.3, 0.4) is 0 Å². The van der Waals surface area contributed by atoms with Crippen LogP contribution in [-0.4, -0.2) is 22.5 Å². The largest absolute Gasteiger partial charge is 0.481 e. The summed E-state index contributed by atoms with van der Waals surface area (Å²) in [6.45, 7) is 1.57. The fourth-order valence-corrected chi connectivity index (χ4v) is 3.91. The Bertz CT molecular complexity index is 334. The van der Waals surface area contributed by atoms with E-state index in [1.54, 1.807) is 6.92 Å². The van der Waals surface area contributed by atoms with E-state index in [4.69, 9.17) is 0 Å². The average Bonchev–Trinajstić information content (AvgIpc) is 2.78. The van der Waals surface area contributed by atoms with Gasteiger partial charge in [-0.1, -0.05) is 19.3 Å². The molecule has 1 amide bonds. The summed E-state index contributed by atoms with van der Waals surface area (Å²) in [5.74, 6) is -0.515. The molecule has 102 valence electrons. The molecule has 0 unspecified atom stereocenters. The van der Waals surface area contributed by atoms with E-state index >= 15 is 0 Å². The third kappa shape index (κ3) is 2.68. The molecule has 0 aliphatic heterocycles. The second kappa shape index (κ2) is 5.29. The van der Waals surface area contributed by atoms with Gasteiger partial charge in [0.15, 0.2) is 0 Å². The van der Waals surface area contributed by atoms with Crippen molar-refractivity contribution in [1.29, 1.82) is 0 Å². The monoisotopic (exact) mass is 253 g/mol. The van der Waals surface area contributed by atoms with Crippen LogP contribution < -0.4 is 5.32 Å². The minimum absolute atomic E-state index is 0.0225. The Balaban J connectivity index is 2.10. The van der Waals surface area contributed by atoms with Gasteiger partial charge in [0.2, 0.25) is 5.91 Å². The molecule has 0 radical (unpaired) electrons. The molecule has 0 spiro atoms. The van der Waals surface area contributed by atoms with Crippen molar-refractivity contribution < 1.29 is 14.7 Å². The summed E-state index contributed by atoms with van der Waals surface area (Å²) in [5, 5.41) is 12.3. The molecule has 0 aromatic rings. The molecule has 4 heteroatoms. The predicted octanol–water partition coefficient (Wildman–Crippen LogP) is 2.33. The fourth-order valence-electron chi connectivity index (χ4n) is 3.91. The van der Waals surface area contributed by atoms with Crippen LogP contribution in [0.15, 0.2) is 0 Å². The van der Waals surface area contributed by atoms with Crippen molar-refractivity contribution in [1.82, 2.24) is 5.32 Å². The highest BCUT2D eigenvalue weighted by atomic mass is 16.4. The zero-order chi connectivity index (χ0) is 13.2. The zero-order valence-corrected chi connectivity index (χ0v) is 11.1. The highest BCUT2D eigenvalue weighted by molar-refractivity contribution is 5.74. The van der Waals surface area contributed by atoms with E-state index in [-0.39, 0.29) is 17.4 Å². The molecule has 2 fully saturated rings. The maximum atomic E-state index is 11.4. The molecule has 2 aliphatic carbocycles. The van der Waals surface area contributed by atoms with Gasteiger partial charge in [0.25, 0.3) is 0 Å². The third-order valence-electron chi connectivity index (χ3n) is 4.73. The maximum absolute atomic E-state index is 11.4. The first-order valence-electron chi connectivity index (χ1n) is 7.05. The van der Waals surface area contributed by atoms with Gasteiger partial charge in [-0.15, -0.1) is 0 Å². The molecule has 2 saturated carbocycles. The van der Waals surface area contributed by atoms with Crippen LogP contribution in [0.5, 0.6) is 0 Å². The normalized spacial score (nSPS) is 30.9. The van der Waals surface area contributed by atoms with E-state index in [0.717, 1.165) is 51.4 Å². The molecule has 0 bridgehead atoms. The Labute approximate surface area is 108 Å². The molecule has 0 aromatic heterocycles. The lowest BCUT2D eigenvalue weighted by Gasteiger charge is -2.42. The lowest BCUT2D eigenvalue weighted by Crippen LogP contribution is -2.52. The molecular weight excluding hydrogens is 230 g/mol. The first-order valence-corrected chi connectivity index (χ1v) is 7.05. The van der Waals surface area contributed by atoms with Gasteiger partial charge in [0.05, 0.1) is 5.92 Å². The summed E-state index contributed by atoms with van der Waals surface area (Å²) >= 11 is 0. The van der Waals surface area contributed by atoms with Crippen LogP contribution in [0.4, 0.5) is 0 Å². The zero-order valence-electron chi connectivity index (χ0n) is 11.1. The molecule has 2 N–H and O–H groups in total. The predicted molar refractivity (Wildman–Crippen MR) is 68.1 cm³/mol. The van der Waals surface area contributed by atoms with Crippen LogP contribution in [0, 0.1) is 11.8 Å². The summed E-state index contributed by atoms with van der Waals surface area (Å²) in [6.07, 6.45) is 7.89. The van der Waals surface area contributed by atoms with Crippen LogP contribution in [0.25, 0.3) is 0 Å². The second-order valence-corrected chi connectivity index (χ2v) is 5.94. The van der Waals surface area contributed by atoms with Gasteiger partial charge in [0, 0.05) is 12.5 Å². The number of carboxylic acids is 1. The molecule has 2 atom stereocenters. The highest BCUT2D eigenvalue weighted by Crippen LogP contribution is 2.44. The Kier molecular flexibility index (Phi) is 3.93. The number of carbonyl (C=O) groups excluding carboxylic acids is 1. The molecule has 2 rings (SSSR count). The highest BCUT2D eigenvalue weighted by Gasteiger charge is 2.44.